The van der Waals surface area contributed by atoms with E-state index in [1.165, 1.54) is 24.3 Å². The molecule has 1 heterocycles. The first-order chi connectivity index (χ1) is 12.4. The summed E-state index contributed by atoms with van der Waals surface area (Å²) < 4.78 is 38.5. The van der Waals surface area contributed by atoms with Gasteiger partial charge >= 0.3 is 5.63 Å². The van der Waals surface area contributed by atoms with Crippen LogP contribution in [0.2, 0.25) is 0 Å². The standard InChI is InChI=1S/C19H19NO5S/c1-3-17(13-4-7-15(24-2)8-5-13)20-26(22,23)16-9-10-18-14(12-16)6-11-19(21)25-18/h4-12,17,20H,3H2,1-2H3. The van der Waals surface area contributed by atoms with Gasteiger partial charge < -0.3 is 9.15 Å². The van der Waals surface area contributed by atoms with Crippen LogP contribution in [-0.4, -0.2) is 15.5 Å². The fourth-order valence-corrected chi connectivity index (χ4v) is 4.04. The summed E-state index contributed by atoms with van der Waals surface area (Å²) in [5.41, 5.74) is 0.721. The second-order valence-electron chi connectivity index (χ2n) is 5.81. The quantitative estimate of drug-likeness (QED) is 0.671. The van der Waals surface area contributed by atoms with Crippen LogP contribution in [0.15, 0.2) is 68.7 Å². The van der Waals surface area contributed by atoms with Crippen LogP contribution in [0, 0.1) is 0 Å². The lowest BCUT2D eigenvalue weighted by Crippen LogP contribution is -2.28. The number of hydrogen-bond acceptors (Lipinski definition) is 5. The second kappa shape index (κ2) is 7.31. The van der Waals surface area contributed by atoms with Crippen molar-refractivity contribution in [1.82, 2.24) is 4.72 Å². The molecule has 26 heavy (non-hydrogen) atoms. The predicted octanol–water partition coefficient (Wildman–Crippen LogP) is 3.23. The molecule has 2 aromatic carbocycles. The van der Waals surface area contributed by atoms with E-state index in [4.69, 9.17) is 9.15 Å². The Morgan fingerprint density at radius 3 is 2.46 bits per heavy atom. The molecule has 1 atom stereocenters. The minimum atomic E-state index is -3.74. The van der Waals surface area contributed by atoms with Crippen LogP contribution in [-0.2, 0) is 10.0 Å². The number of methoxy groups -OCH3 is 1. The van der Waals surface area contributed by atoms with Gasteiger partial charge in [-0.25, -0.2) is 17.9 Å². The molecule has 6 nitrogen and oxygen atoms in total. The molecular formula is C19H19NO5S. The summed E-state index contributed by atoms with van der Waals surface area (Å²) in [5, 5.41) is 0.546. The zero-order valence-corrected chi connectivity index (χ0v) is 15.2. The summed E-state index contributed by atoms with van der Waals surface area (Å²) in [6, 6.07) is 14.1. The van der Waals surface area contributed by atoms with Crippen molar-refractivity contribution in [3.8, 4) is 5.75 Å². The molecule has 0 bridgehead atoms. The third-order valence-electron chi connectivity index (χ3n) is 4.12. The van der Waals surface area contributed by atoms with Crippen molar-refractivity contribution in [3.05, 3.63) is 70.6 Å². The first kappa shape index (κ1) is 18.2. The molecule has 1 unspecified atom stereocenters. The maximum atomic E-state index is 12.8. The molecule has 0 aliphatic carbocycles. The van der Waals surface area contributed by atoms with E-state index in [0.29, 0.717) is 23.1 Å². The molecular weight excluding hydrogens is 354 g/mol. The number of benzene rings is 2. The number of ether oxygens (including phenoxy) is 1. The highest BCUT2D eigenvalue weighted by atomic mass is 32.2. The molecule has 0 saturated heterocycles. The van der Waals surface area contributed by atoms with Gasteiger partial charge in [0.2, 0.25) is 10.0 Å². The van der Waals surface area contributed by atoms with Crippen molar-refractivity contribution >= 4 is 21.0 Å². The topological polar surface area (TPSA) is 85.6 Å². The average molecular weight is 373 g/mol. The third kappa shape index (κ3) is 3.79. The van der Waals surface area contributed by atoms with E-state index in [9.17, 15) is 13.2 Å². The fraction of sp³-hybridized carbons (Fsp3) is 0.211. The minimum absolute atomic E-state index is 0.116. The van der Waals surface area contributed by atoms with Crippen LogP contribution in [0.5, 0.6) is 5.75 Å². The second-order valence-corrected chi connectivity index (χ2v) is 7.52. The summed E-state index contributed by atoms with van der Waals surface area (Å²) >= 11 is 0. The van der Waals surface area contributed by atoms with E-state index < -0.39 is 15.6 Å². The fourth-order valence-electron chi connectivity index (χ4n) is 2.70. The van der Waals surface area contributed by atoms with Gasteiger partial charge in [0.1, 0.15) is 11.3 Å². The highest BCUT2D eigenvalue weighted by molar-refractivity contribution is 7.89. The van der Waals surface area contributed by atoms with Crippen molar-refractivity contribution in [2.75, 3.05) is 7.11 Å². The van der Waals surface area contributed by atoms with Gasteiger partial charge in [-0.15, -0.1) is 0 Å². The SMILES string of the molecule is CCC(NS(=O)(=O)c1ccc2oc(=O)ccc2c1)c1ccc(OC)cc1. The Morgan fingerprint density at radius 1 is 1.08 bits per heavy atom. The summed E-state index contributed by atoms with van der Waals surface area (Å²) in [7, 11) is -2.16. The summed E-state index contributed by atoms with van der Waals surface area (Å²) in [6.07, 6.45) is 0.591. The van der Waals surface area contributed by atoms with Crippen LogP contribution >= 0.6 is 0 Å². The van der Waals surface area contributed by atoms with Crippen molar-refractivity contribution in [2.24, 2.45) is 0 Å². The summed E-state index contributed by atoms with van der Waals surface area (Å²) in [4.78, 5) is 11.4. The van der Waals surface area contributed by atoms with E-state index in [2.05, 4.69) is 4.72 Å². The van der Waals surface area contributed by atoms with E-state index >= 15 is 0 Å². The summed E-state index contributed by atoms with van der Waals surface area (Å²) in [5.74, 6) is 0.711. The van der Waals surface area contributed by atoms with Gasteiger partial charge in [0, 0.05) is 17.5 Å². The van der Waals surface area contributed by atoms with Crippen LogP contribution in [0.25, 0.3) is 11.0 Å². The third-order valence-corrected chi connectivity index (χ3v) is 5.59. The lowest BCUT2D eigenvalue weighted by molar-refractivity contribution is 0.414. The molecule has 7 heteroatoms. The van der Waals surface area contributed by atoms with E-state index in [1.54, 1.807) is 25.3 Å². The zero-order valence-electron chi connectivity index (χ0n) is 14.4. The molecule has 0 amide bonds. The smallest absolute Gasteiger partial charge is 0.336 e. The summed E-state index contributed by atoms with van der Waals surface area (Å²) in [6.45, 7) is 1.91. The van der Waals surface area contributed by atoms with Crippen molar-refractivity contribution < 1.29 is 17.6 Å². The van der Waals surface area contributed by atoms with Crippen LogP contribution in [0.4, 0.5) is 0 Å². The number of fused-ring (bicyclic) bond motifs is 1. The van der Waals surface area contributed by atoms with Crippen LogP contribution < -0.4 is 15.1 Å². The van der Waals surface area contributed by atoms with Gasteiger partial charge in [-0.1, -0.05) is 19.1 Å². The Balaban J connectivity index is 1.90. The van der Waals surface area contributed by atoms with Gasteiger partial charge in [-0.2, -0.15) is 0 Å². The average Bonchev–Trinajstić information content (AvgIpc) is 2.65. The lowest BCUT2D eigenvalue weighted by Gasteiger charge is -2.18. The maximum Gasteiger partial charge on any atom is 0.336 e. The number of hydrogen-bond donors (Lipinski definition) is 1. The van der Waals surface area contributed by atoms with Gasteiger partial charge in [-0.3, -0.25) is 0 Å². The highest BCUT2D eigenvalue weighted by Crippen LogP contribution is 2.24. The minimum Gasteiger partial charge on any atom is -0.497 e. The Kier molecular flexibility index (Phi) is 5.11. The largest absolute Gasteiger partial charge is 0.497 e. The normalized spacial score (nSPS) is 12.8. The monoisotopic (exact) mass is 373 g/mol. The Bertz CT molecular complexity index is 1070. The van der Waals surface area contributed by atoms with Gasteiger partial charge in [0.05, 0.1) is 12.0 Å². The number of rotatable bonds is 6. The Hall–Kier alpha value is -2.64. The molecule has 1 aromatic heterocycles. The molecule has 0 aliphatic rings. The van der Waals surface area contributed by atoms with Crippen molar-refractivity contribution in [1.29, 1.82) is 0 Å². The van der Waals surface area contributed by atoms with E-state index in [0.717, 1.165) is 5.56 Å². The predicted molar refractivity (Wildman–Crippen MR) is 98.8 cm³/mol. The maximum absolute atomic E-state index is 12.8. The zero-order chi connectivity index (χ0) is 18.7. The molecule has 3 aromatic rings. The molecule has 0 spiro atoms. The van der Waals surface area contributed by atoms with Crippen molar-refractivity contribution in [3.63, 3.8) is 0 Å². The van der Waals surface area contributed by atoms with E-state index in [1.807, 2.05) is 19.1 Å². The van der Waals surface area contributed by atoms with Gasteiger partial charge in [-0.05, 0) is 48.4 Å². The Morgan fingerprint density at radius 2 is 1.81 bits per heavy atom. The molecule has 0 saturated carbocycles. The van der Waals surface area contributed by atoms with Crippen LogP contribution in [0.3, 0.4) is 0 Å². The number of sulfonamides is 1. The Labute approximate surface area is 151 Å². The molecule has 3 rings (SSSR count). The first-order valence-corrected chi connectivity index (χ1v) is 9.61. The lowest BCUT2D eigenvalue weighted by atomic mass is 10.1. The molecule has 136 valence electrons. The molecule has 0 radical (unpaired) electrons. The molecule has 1 N–H and O–H groups in total. The van der Waals surface area contributed by atoms with Gasteiger partial charge in [0.25, 0.3) is 0 Å². The molecule has 0 fully saturated rings. The van der Waals surface area contributed by atoms with E-state index in [-0.39, 0.29) is 10.9 Å². The van der Waals surface area contributed by atoms with Gasteiger partial charge in [0.15, 0.2) is 0 Å². The highest BCUT2D eigenvalue weighted by Gasteiger charge is 2.21. The first-order valence-electron chi connectivity index (χ1n) is 8.13. The number of nitrogens with one attached hydrogen (secondary N) is 1. The van der Waals surface area contributed by atoms with Crippen LogP contribution in [0.1, 0.15) is 24.9 Å². The molecule has 0 aliphatic heterocycles. The van der Waals surface area contributed by atoms with Crippen molar-refractivity contribution in [2.45, 2.75) is 24.3 Å².